The Bertz CT molecular complexity index is 345. The number of hydrogen-bond donors (Lipinski definition) is 2. The van der Waals surface area contributed by atoms with Crippen molar-refractivity contribution in [2.24, 2.45) is 0 Å². The standard InChI is InChI=1S/C17H29NO3/c1-3-4-10-20-11-12-21-14-17(19)13-18-15(2)16-8-6-5-7-9-16/h5-9,15,17-19H,3-4,10-14H2,1-2H3/t15-,17?/m1/s1. The quantitative estimate of drug-likeness (QED) is 0.582. The Kier molecular flexibility index (Phi) is 10.1. The first-order valence-corrected chi connectivity index (χ1v) is 7.86. The molecule has 1 unspecified atom stereocenters. The molecule has 4 nitrogen and oxygen atoms in total. The largest absolute Gasteiger partial charge is 0.389 e. The lowest BCUT2D eigenvalue weighted by molar-refractivity contribution is 0.00332. The molecule has 1 rings (SSSR count). The molecule has 0 spiro atoms. The maximum atomic E-state index is 9.86. The number of hydrogen-bond acceptors (Lipinski definition) is 4. The summed E-state index contributed by atoms with van der Waals surface area (Å²) in [6.07, 6.45) is 1.74. The molecule has 0 saturated heterocycles. The maximum Gasteiger partial charge on any atom is 0.0897 e. The normalized spacial score (nSPS) is 14.0. The lowest BCUT2D eigenvalue weighted by Crippen LogP contribution is -2.32. The molecule has 1 aromatic carbocycles. The summed E-state index contributed by atoms with van der Waals surface area (Å²) in [6, 6.07) is 10.4. The van der Waals surface area contributed by atoms with Crippen molar-refractivity contribution in [1.29, 1.82) is 0 Å². The molecule has 0 aliphatic rings. The predicted octanol–water partition coefficient (Wildman–Crippen LogP) is 2.53. The van der Waals surface area contributed by atoms with Crippen molar-refractivity contribution >= 4 is 0 Å². The molecule has 1 aromatic rings. The van der Waals surface area contributed by atoms with Crippen LogP contribution in [-0.2, 0) is 9.47 Å². The van der Waals surface area contributed by atoms with Gasteiger partial charge in [0.15, 0.2) is 0 Å². The van der Waals surface area contributed by atoms with Gasteiger partial charge in [0.05, 0.1) is 25.9 Å². The zero-order chi connectivity index (χ0) is 15.3. The van der Waals surface area contributed by atoms with Crippen molar-refractivity contribution in [2.45, 2.75) is 38.8 Å². The number of ether oxygens (including phenoxy) is 2. The third-order valence-electron chi connectivity index (χ3n) is 3.28. The Morgan fingerprint density at radius 1 is 1.10 bits per heavy atom. The summed E-state index contributed by atoms with van der Waals surface area (Å²) < 4.78 is 10.8. The fourth-order valence-electron chi connectivity index (χ4n) is 1.92. The van der Waals surface area contributed by atoms with Crippen LogP contribution >= 0.6 is 0 Å². The van der Waals surface area contributed by atoms with E-state index in [0.717, 1.165) is 19.4 Å². The van der Waals surface area contributed by atoms with Crippen LogP contribution in [0.1, 0.15) is 38.3 Å². The van der Waals surface area contributed by atoms with Gasteiger partial charge in [-0.15, -0.1) is 0 Å². The summed E-state index contributed by atoms with van der Waals surface area (Å²) >= 11 is 0. The third kappa shape index (κ3) is 8.83. The first-order chi connectivity index (χ1) is 10.2. The van der Waals surface area contributed by atoms with Gasteiger partial charge in [0.2, 0.25) is 0 Å². The third-order valence-corrected chi connectivity index (χ3v) is 3.28. The number of unbranched alkanes of at least 4 members (excludes halogenated alkanes) is 1. The van der Waals surface area contributed by atoms with Crippen molar-refractivity contribution in [3.63, 3.8) is 0 Å². The fourth-order valence-corrected chi connectivity index (χ4v) is 1.92. The van der Waals surface area contributed by atoms with Crippen LogP contribution in [0, 0.1) is 0 Å². The molecular formula is C17H29NO3. The van der Waals surface area contributed by atoms with E-state index < -0.39 is 6.10 Å². The van der Waals surface area contributed by atoms with E-state index in [1.54, 1.807) is 0 Å². The minimum atomic E-state index is -0.494. The van der Waals surface area contributed by atoms with Gasteiger partial charge in [-0.25, -0.2) is 0 Å². The summed E-state index contributed by atoms with van der Waals surface area (Å²) in [7, 11) is 0. The highest BCUT2D eigenvalue weighted by molar-refractivity contribution is 5.17. The molecule has 0 radical (unpaired) electrons. The van der Waals surface area contributed by atoms with Crippen LogP contribution in [0.15, 0.2) is 30.3 Å². The fraction of sp³-hybridized carbons (Fsp3) is 0.647. The first kappa shape index (κ1) is 18.1. The Balaban J connectivity index is 2.02. The number of aliphatic hydroxyl groups is 1. The van der Waals surface area contributed by atoms with Crippen LogP contribution in [0.2, 0.25) is 0 Å². The van der Waals surface area contributed by atoms with Gasteiger partial charge in [-0.2, -0.15) is 0 Å². The lowest BCUT2D eigenvalue weighted by Gasteiger charge is -2.17. The van der Waals surface area contributed by atoms with Crippen molar-refractivity contribution < 1.29 is 14.6 Å². The second-order valence-corrected chi connectivity index (χ2v) is 5.24. The molecule has 0 fully saturated rings. The van der Waals surface area contributed by atoms with Crippen LogP contribution in [0.3, 0.4) is 0 Å². The van der Waals surface area contributed by atoms with E-state index in [0.29, 0.717) is 26.4 Å². The van der Waals surface area contributed by atoms with Crippen molar-refractivity contribution in [2.75, 3.05) is 33.0 Å². The van der Waals surface area contributed by atoms with Crippen molar-refractivity contribution in [3.05, 3.63) is 35.9 Å². The minimum absolute atomic E-state index is 0.221. The Hall–Kier alpha value is -0.940. The van der Waals surface area contributed by atoms with E-state index in [1.807, 2.05) is 18.2 Å². The predicted molar refractivity (Wildman–Crippen MR) is 85.4 cm³/mol. The van der Waals surface area contributed by atoms with E-state index in [9.17, 15) is 5.11 Å². The maximum absolute atomic E-state index is 9.86. The average molecular weight is 295 g/mol. The highest BCUT2D eigenvalue weighted by Crippen LogP contribution is 2.10. The smallest absolute Gasteiger partial charge is 0.0897 e. The zero-order valence-electron chi connectivity index (χ0n) is 13.3. The van der Waals surface area contributed by atoms with Crippen molar-refractivity contribution in [1.82, 2.24) is 5.32 Å². The molecule has 0 bridgehead atoms. The molecule has 2 N–H and O–H groups in total. The Morgan fingerprint density at radius 2 is 1.81 bits per heavy atom. The van der Waals surface area contributed by atoms with E-state index in [1.165, 1.54) is 5.56 Å². The molecule has 4 heteroatoms. The molecule has 0 aliphatic carbocycles. The van der Waals surface area contributed by atoms with Gasteiger partial charge in [0, 0.05) is 19.2 Å². The molecule has 2 atom stereocenters. The van der Waals surface area contributed by atoms with Crippen LogP contribution in [0.25, 0.3) is 0 Å². The number of benzene rings is 1. The topological polar surface area (TPSA) is 50.7 Å². The van der Waals surface area contributed by atoms with Gasteiger partial charge in [-0.3, -0.25) is 0 Å². The molecule has 21 heavy (non-hydrogen) atoms. The number of rotatable bonds is 12. The minimum Gasteiger partial charge on any atom is -0.389 e. The number of nitrogens with one attached hydrogen (secondary N) is 1. The summed E-state index contributed by atoms with van der Waals surface area (Å²) in [4.78, 5) is 0. The molecule has 0 saturated carbocycles. The average Bonchev–Trinajstić information content (AvgIpc) is 2.52. The van der Waals surface area contributed by atoms with Crippen LogP contribution in [0.4, 0.5) is 0 Å². The van der Waals surface area contributed by atoms with Gasteiger partial charge in [0.25, 0.3) is 0 Å². The first-order valence-electron chi connectivity index (χ1n) is 7.86. The molecule has 0 aromatic heterocycles. The summed E-state index contributed by atoms with van der Waals surface area (Å²) in [5, 5.41) is 13.2. The summed E-state index contributed by atoms with van der Waals surface area (Å²) in [5.41, 5.74) is 1.22. The summed E-state index contributed by atoms with van der Waals surface area (Å²) in [6.45, 7) is 7.01. The number of aliphatic hydroxyl groups excluding tert-OH is 1. The molecule has 120 valence electrons. The van der Waals surface area contributed by atoms with E-state index in [-0.39, 0.29) is 6.04 Å². The molecule has 0 aliphatic heterocycles. The summed E-state index contributed by atoms with van der Waals surface area (Å²) in [5.74, 6) is 0. The van der Waals surface area contributed by atoms with Gasteiger partial charge >= 0.3 is 0 Å². The van der Waals surface area contributed by atoms with E-state index >= 15 is 0 Å². The van der Waals surface area contributed by atoms with Gasteiger partial charge in [-0.05, 0) is 18.9 Å². The van der Waals surface area contributed by atoms with Gasteiger partial charge < -0.3 is 19.9 Å². The molecule has 0 amide bonds. The molecular weight excluding hydrogens is 266 g/mol. The SMILES string of the molecule is CCCCOCCOCC(O)CN[C@H](C)c1ccccc1. The second-order valence-electron chi connectivity index (χ2n) is 5.24. The Morgan fingerprint density at radius 3 is 2.52 bits per heavy atom. The lowest BCUT2D eigenvalue weighted by atomic mass is 10.1. The Labute approximate surface area is 128 Å². The monoisotopic (exact) mass is 295 g/mol. The molecule has 0 heterocycles. The van der Waals surface area contributed by atoms with Crippen LogP contribution in [-0.4, -0.2) is 44.2 Å². The van der Waals surface area contributed by atoms with Crippen LogP contribution in [0.5, 0.6) is 0 Å². The zero-order valence-corrected chi connectivity index (χ0v) is 13.3. The van der Waals surface area contributed by atoms with E-state index in [2.05, 4.69) is 31.3 Å². The highest BCUT2D eigenvalue weighted by Gasteiger charge is 2.08. The highest BCUT2D eigenvalue weighted by atomic mass is 16.5. The van der Waals surface area contributed by atoms with E-state index in [4.69, 9.17) is 9.47 Å². The van der Waals surface area contributed by atoms with Crippen molar-refractivity contribution in [3.8, 4) is 0 Å². The second kappa shape index (κ2) is 11.7. The van der Waals surface area contributed by atoms with Gasteiger partial charge in [0.1, 0.15) is 0 Å². The van der Waals surface area contributed by atoms with Gasteiger partial charge in [-0.1, -0.05) is 43.7 Å². The van der Waals surface area contributed by atoms with Crippen LogP contribution < -0.4 is 5.32 Å².